The fraction of sp³-hybridized carbons (Fsp3) is 0.692. The molecule has 1 aromatic heterocycles. The molecule has 1 amide bonds. The van der Waals surface area contributed by atoms with Gasteiger partial charge in [-0.2, -0.15) is 5.10 Å². The summed E-state index contributed by atoms with van der Waals surface area (Å²) in [5.74, 6) is -0.0235. The number of piperidine rings is 1. The van der Waals surface area contributed by atoms with Crippen molar-refractivity contribution in [3.05, 3.63) is 12.4 Å². The highest BCUT2D eigenvalue weighted by molar-refractivity contribution is 5.90. The Balaban J connectivity index is 1.63. The van der Waals surface area contributed by atoms with Gasteiger partial charge in [0, 0.05) is 12.7 Å². The van der Waals surface area contributed by atoms with Gasteiger partial charge < -0.3 is 15.4 Å². The van der Waals surface area contributed by atoms with Crippen LogP contribution in [0.15, 0.2) is 12.4 Å². The maximum absolute atomic E-state index is 11.7. The highest BCUT2D eigenvalue weighted by Gasteiger charge is 2.13. The number of hydrogen-bond acceptors (Lipinski definition) is 4. The van der Waals surface area contributed by atoms with E-state index in [1.165, 1.54) is 0 Å². The number of amides is 1. The summed E-state index contributed by atoms with van der Waals surface area (Å²) in [7, 11) is 0. The zero-order chi connectivity index (χ0) is 13.5. The molecule has 0 spiro atoms. The van der Waals surface area contributed by atoms with Crippen molar-refractivity contribution in [1.82, 2.24) is 15.1 Å². The van der Waals surface area contributed by atoms with E-state index in [1.54, 1.807) is 10.9 Å². The average molecular weight is 266 g/mol. The number of nitrogens with zero attached hydrogens (tertiary/aromatic N) is 2. The van der Waals surface area contributed by atoms with Crippen molar-refractivity contribution in [2.75, 3.05) is 25.0 Å². The van der Waals surface area contributed by atoms with Gasteiger partial charge in [0.25, 0.3) is 0 Å². The minimum Gasteiger partial charge on any atom is -0.378 e. The Morgan fingerprint density at radius 3 is 3.05 bits per heavy atom. The lowest BCUT2D eigenvalue weighted by Gasteiger charge is -2.22. The first kappa shape index (κ1) is 14.0. The molecule has 0 aromatic carbocycles. The second-order valence-electron chi connectivity index (χ2n) is 4.70. The summed E-state index contributed by atoms with van der Waals surface area (Å²) in [6, 6.07) is 0. The van der Waals surface area contributed by atoms with Gasteiger partial charge in [0.05, 0.1) is 31.0 Å². The lowest BCUT2D eigenvalue weighted by Crippen LogP contribution is -2.33. The number of carbonyl (C=O) groups excluding carboxylic acids is 1. The Morgan fingerprint density at radius 2 is 2.37 bits per heavy atom. The Bertz CT molecular complexity index is 399. The van der Waals surface area contributed by atoms with Crippen LogP contribution in [0.25, 0.3) is 0 Å². The van der Waals surface area contributed by atoms with E-state index < -0.39 is 0 Å². The van der Waals surface area contributed by atoms with Crippen LogP contribution in [0, 0.1) is 0 Å². The van der Waals surface area contributed by atoms with E-state index in [2.05, 4.69) is 15.7 Å². The van der Waals surface area contributed by atoms with Gasteiger partial charge in [-0.1, -0.05) is 0 Å². The topological polar surface area (TPSA) is 68.2 Å². The standard InChI is InChI=1S/C13H22N4O2/c1-2-17-10-11(9-15-17)16-13(18)5-8-19-12-3-6-14-7-4-12/h9-10,12,14H,2-8H2,1H3,(H,16,18). The molecular weight excluding hydrogens is 244 g/mol. The van der Waals surface area contributed by atoms with Crippen molar-refractivity contribution in [2.45, 2.75) is 38.8 Å². The number of rotatable bonds is 6. The van der Waals surface area contributed by atoms with Crippen LogP contribution in [-0.4, -0.2) is 41.5 Å². The maximum atomic E-state index is 11.7. The normalized spacial score (nSPS) is 16.5. The van der Waals surface area contributed by atoms with Crippen molar-refractivity contribution in [3.8, 4) is 0 Å². The maximum Gasteiger partial charge on any atom is 0.226 e. The predicted molar refractivity (Wildman–Crippen MR) is 73.0 cm³/mol. The van der Waals surface area contributed by atoms with Crippen LogP contribution in [0.3, 0.4) is 0 Å². The molecule has 0 saturated carbocycles. The molecule has 2 heterocycles. The smallest absolute Gasteiger partial charge is 0.226 e. The molecule has 19 heavy (non-hydrogen) atoms. The van der Waals surface area contributed by atoms with Crippen LogP contribution in [0.2, 0.25) is 0 Å². The molecule has 1 saturated heterocycles. The van der Waals surface area contributed by atoms with Crippen LogP contribution in [0.1, 0.15) is 26.2 Å². The molecule has 0 radical (unpaired) electrons. The summed E-state index contributed by atoms with van der Waals surface area (Å²) < 4.78 is 7.47. The van der Waals surface area contributed by atoms with Crippen LogP contribution in [0.4, 0.5) is 5.69 Å². The zero-order valence-electron chi connectivity index (χ0n) is 11.4. The molecule has 1 aromatic rings. The molecule has 1 fully saturated rings. The van der Waals surface area contributed by atoms with E-state index in [0.717, 1.165) is 38.2 Å². The minimum absolute atomic E-state index is 0.0235. The summed E-state index contributed by atoms with van der Waals surface area (Å²) in [5, 5.41) is 10.2. The van der Waals surface area contributed by atoms with Crippen LogP contribution >= 0.6 is 0 Å². The minimum atomic E-state index is -0.0235. The van der Waals surface area contributed by atoms with Crippen molar-refractivity contribution in [2.24, 2.45) is 0 Å². The highest BCUT2D eigenvalue weighted by Crippen LogP contribution is 2.08. The Kier molecular flexibility index (Phi) is 5.35. The average Bonchev–Trinajstić information content (AvgIpc) is 2.87. The largest absolute Gasteiger partial charge is 0.378 e. The molecule has 2 N–H and O–H groups in total. The van der Waals surface area contributed by atoms with Crippen LogP contribution < -0.4 is 10.6 Å². The number of ether oxygens (including phenoxy) is 1. The van der Waals surface area contributed by atoms with Gasteiger partial charge in [-0.05, 0) is 32.9 Å². The van der Waals surface area contributed by atoms with Crippen LogP contribution in [-0.2, 0) is 16.1 Å². The van der Waals surface area contributed by atoms with Gasteiger partial charge in [-0.3, -0.25) is 9.48 Å². The molecular formula is C13H22N4O2. The van der Waals surface area contributed by atoms with Gasteiger partial charge in [0.1, 0.15) is 0 Å². The van der Waals surface area contributed by atoms with Crippen molar-refractivity contribution < 1.29 is 9.53 Å². The zero-order valence-corrected chi connectivity index (χ0v) is 11.4. The monoisotopic (exact) mass is 266 g/mol. The van der Waals surface area contributed by atoms with E-state index in [0.29, 0.717) is 19.1 Å². The molecule has 1 aliphatic rings. The molecule has 2 rings (SSSR count). The Labute approximate surface area is 113 Å². The van der Waals surface area contributed by atoms with Gasteiger partial charge in [0.2, 0.25) is 5.91 Å². The lowest BCUT2D eigenvalue weighted by molar-refractivity contribution is -0.117. The summed E-state index contributed by atoms with van der Waals surface area (Å²) in [6.07, 6.45) is 6.24. The van der Waals surface area contributed by atoms with Crippen LogP contribution in [0.5, 0.6) is 0 Å². The Morgan fingerprint density at radius 1 is 1.58 bits per heavy atom. The second kappa shape index (κ2) is 7.25. The number of aromatic nitrogens is 2. The third kappa shape index (κ3) is 4.65. The number of anilines is 1. The number of hydrogen-bond donors (Lipinski definition) is 2. The molecule has 0 atom stereocenters. The van der Waals surface area contributed by atoms with E-state index in [-0.39, 0.29) is 5.91 Å². The SMILES string of the molecule is CCn1cc(NC(=O)CCOC2CCNCC2)cn1. The molecule has 1 aliphatic heterocycles. The quantitative estimate of drug-likeness (QED) is 0.806. The molecule has 106 valence electrons. The number of carbonyl (C=O) groups is 1. The fourth-order valence-electron chi connectivity index (χ4n) is 2.10. The fourth-order valence-corrected chi connectivity index (χ4v) is 2.10. The molecule has 0 bridgehead atoms. The molecule has 6 nitrogen and oxygen atoms in total. The van der Waals surface area contributed by atoms with E-state index in [4.69, 9.17) is 4.74 Å². The van der Waals surface area contributed by atoms with E-state index in [1.807, 2.05) is 13.1 Å². The summed E-state index contributed by atoms with van der Waals surface area (Å²) in [5.41, 5.74) is 0.744. The van der Waals surface area contributed by atoms with Crippen molar-refractivity contribution in [1.29, 1.82) is 0 Å². The summed E-state index contributed by atoms with van der Waals surface area (Å²) in [6.45, 7) is 5.30. The van der Waals surface area contributed by atoms with Crippen molar-refractivity contribution >= 4 is 11.6 Å². The Hall–Kier alpha value is -1.40. The molecule has 0 aliphatic carbocycles. The first-order valence-electron chi connectivity index (χ1n) is 6.92. The van der Waals surface area contributed by atoms with Gasteiger partial charge in [0.15, 0.2) is 0 Å². The van der Waals surface area contributed by atoms with Gasteiger partial charge in [-0.15, -0.1) is 0 Å². The lowest BCUT2D eigenvalue weighted by atomic mass is 10.1. The highest BCUT2D eigenvalue weighted by atomic mass is 16.5. The predicted octanol–water partition coefficient (Wildman–Crippen LogP) is 1.00. The summed E-state index contributed by atoms with van der Waals surface area (Å²) >= 11 is 0. The molecule has 0 unspecified atom stereocenters. The van der Waals surface area contributed by atoms with E-state index in [9.17, 15) is 4.79 Å². The summed E-state index contributed by atoms with van der Waals surface area (Å²) in [4.78, 5) is 11.7. The first-order valence-corrected chi connectivity index (χ1v) is 6.92. The second-order valence-corrected chi connectivity index (χ2v) is 4.70. The van der Waals surface area contributed by atoms with Crippen molar-refractivity contribution in [3.63, 3.8) is 0 Å². The molecule has 6 heteroatoms. The number of aryl methyl sites for hydroxylation is 1. The first-order chi connectivity index (χ1) is 9.28. The van der Waals surface area contributed by atoms with Gasteiger partial charge in [-0.25, -0.2) is 0 Å². The number of nitrogens with one attached hydrogen (secondary N) is 2. The van der Waals surface area contributed by atoms with Gasteiger partial charge >= 0.3 is 0 Å². The third-order valence-corrected chi connectivity index (χ3v) is 3.21. The third-order valence-electron chi connectivity index (χ3n) is 3.21. The van der Waals surface area contributed by atoms with E-state index >= 15 is 0 Å².